The van der Waals surface area contributed by atoms with E-state index < -0.39 is 42.3 Å². The average Bonchev–Trinajstić information content (AvgIpc) is 3.02. The molecule has 3 amide bonds. The molecule has 180 valence electrons. The van der Waals surface area contributed by atoms with E-state index in [1.165, 1.54) is 0 Å². The van der Waals surface area contributed by atoms with Crippen LogP contribution in [-0.2, 0) is 14.3 Å². The Morgan fingerprint density at radius 3 is 2.00 bits per heavy atom. The van der Waals surface area contributed by atoms with Crippen LogP contribution in [0.1, 0.15) is 40.1 Å². The van der Waals surface area contributed by atoms with Gasteiger partial charge in [0.05, 0.1) is 11.1 Å². The van der Waals surface area contributed by atoms with Crippen LogP contribution < -0.4 is 5.32 Å². The number of carbonyl (C=O) groups excluding carboxylic acids is 4. The number of imide groups is 1. The maximum absolute atomic E-state index is 13.3. The van der Waals surface area contributed by atoms with E-state index >= 15 is 0 Å². The molecule has 12 heteroatoms. The number of anilines is 1. The maximum atomic E-state index is 13.3. The lowest BCUT2D eigenvalue weighted by Gasteiger charge is -2.27. The smallest absolute Gasteiger partial charge is 0.330 e. The first-order valence-corrected chi connectivity index (χ1v) is 14.5. The molecule has 1 heterocycles. The SMILES string of the molecule is Cc1cc(Cl)ccc1NC(=O)COC(=O)[C@@H](C(C)C)N1C(=O)c2c(I)c(I)c(I)c(I)c2C1=O. The molecular formula is C22H17ClI4N2O5. The Balaban J connectivity index is 1.81. The summed E-state index contributed by atoms with van der Waals surface area (Å²) in [7, 11) is 0. The number of amides is 3. The molecule has 0 saturated carbocycles. The minimum atomic E-state index is -1.17. The van der Waals surface area contributed by atoms with E-state index in [9.17, 15) is 19.2 Å². The fourth-order valence-electron chi connectivity index (χ4n) is 3.47. The average molecular weight is 932 g/mol. The summed E-state index contributed by atoms with van der Waals surface area (Å²) in [5, 5.41) is 3.20. The van der Waals surface area contributed by atoms with Crippen molar-refractivity contribution in [3.8, 4) is 0 Å². The Morgan fingerprint density at radius 2 is 1.53 bits per heavy atom. The zero-order valence-electron chi connectivity index (χ0n) is 18.0. The lowest BCUT2D eigenvalue weighted by Crippen LogP contribution is -2.49. The standard InChI is InChI=1S/C22H17ClI4N2O5/c1-8(2)19(22(33)34-7-12(30)28-11-5-4-10(23)6-9(11)3)29-20(31)13-14(21(29)32)16(25)18(27)17(26)15(13)24/h4-6,8,19H,7H2,1-3H3,(H,28,30)/t19-/m1/s1. The van der Waals surface area contributed by atoms with Crippen LogP contribution in [0, 0.1) is 27.1 Å². The highest BCUT2D eigenvalue weighted by molar-refractivity contribution is 14.1. The van der Waals surface area contributed by atoms with Gasteiger partial charge < -0.3 is 10.1 Å². The zero-order chi connectivity index (χ0) is 25.5. The minimum absolute atomic E-state index is 0.300. The maximum Gasteiger partial charge on any atom is 0.330 e. The molecule has 0 saturated heterocycles. The fraction of sp³-hybridized carbons (Fsp3) is 0.273. The third-order valence-corrected chi connectivity index (χ3v) is 12.7. The molecule has 0 bridgehead atoms. The van der Waals surface area contributed by atoms with E-state index in [0.717, 1.165) is 17.6 Å². The highest BCUT2D eigenvalue weighted by Crippen LogP contribution is 2.39. The predicted molar refractivity (Wildman–Crippen MR) is 162 cm³/mol. The number of ether oxygens (including phenoxy) is 1. The highest BCUT2D eigenvalue weighted by atomic mass is 127. The molecule has 0 aliphatic carbocycles. The fourth-order valence-corrected chi connectivity index (χ4v) is 7.35. The van der Waals surface area contributed by atoms with Crippen molar-refractivity contribution in [3.63, 3.8) is 0 Å². The molecule has 2 aromatic rings. The van der Waals surface area contributed by atoms with Crippen LogP contribution in [0.25, 0.3) is 0 Å². The summed E-state index contributed by atoms with van der Waals surface area (Å²) in [5.41, 5.74) is 1.90. The molecule has 0 unspecified atom stereocenters. The van der Waals surface area contributed by atoms with Crippen LogP contribution in [0.2, 0.25) is 5.02 Å². The van der Waals surface area contributed by atoms with Gasteiger partial charge in [0.2, 0.25) is 0 Å². The number of halogens is 5. The van der Waals surface area contributed by atoms with Crippen LogP contribution in [0.3, 0.4) is 0 Å². The van der Waals surface area contributed by atoms with E-state index in [0.29, 0.717) is 29.0 Å². The first kappa shape index (κ1) is 28.3. The molecular weight excluding hydrogens is 915 g/mol. The highest BCUT2D eigenvalue weighted by Gasteiger charge is 2.47. The summed E-state index contributed by atoms with van der Waals surface area (Å²) in [5.74, 6) is -2.86. The Labute approximate surface area is 256 Å². The Kier molecular flexibility index (Phi) is 9.50. The van der Waals surface area contributed by atoms with Gasteiger partial charge in [-0.25, -0.2) is 4.79 Å². The molecule has 1 aliphatic rings. The molecule has 2 aromatic carbocycles. The molecule has 1 N–H and O–H groups in total. The van der Waals surface area contributed by atoms with E-state index in [4.69, 9.17) is 16.3 Å². The summed E-state index contributed by atoms with van der Waals surface area (Å²) in [6.45, 7) is 4.67. The molecule has 1 atom stereocenters. The topological polar surface area (TPSA) is 92.8 Å². The van der Waals surface area contributed by atoms with E-state index in [-0.39, 0.29) is 0 Å². The van der Waals surface area contributed by atoms with Gasteiger partial charge in [-0.2, -0.15) is 0 Å². The van der Waals surface area contributed by atoms with E-state index in [1.807, 2.05) is 0 Å². The number of fused-ring (bicyclic) bond motifs is 1. The van der Waals surface area contributed by atoms with Gasteiger partial charge in [0, 0.05) is 25.0 Å². The summed E-state index contributed by atoms with van der Waals surface area (Å²) in [6.07, 6.45) is 0. The van der Waals surface area contributed by atoms with Gasteiger partial charge in [0.15, 0.2) is 6.61 Å². The number of hydrogen-bond donors (Lipinski definition) is 1. The normalized spacial score (nSPS) is 13.9. The van der Waals surface area contributed by atoms with Gasteiger partial charge in [-0.15, -0.1) is 0 Å². The predicted octanol–water partition coefficient (Wildman–Crippen LogP) is 5.87. The summed E-state index contributed by atoms with van der Waals surface area (Å²) in [6, 6.07) is 3.82. The van der Waals surface area contributed by atoms with Crippen LogP contribution in [0.5, 0.6) is 0 Å². The number of esters is 1. The van der Waals surface area contributed by atoms with Crippen molar-refractivity contribution >= 4 is 131 Å². The van der Waals surface area contributed by atoms with Crippen LogP contribution in [0.15, 0.2) is 18.2 Å². The minimum Gasteiger partial charge on any atom is -0.454 e. The number of carbonyl (C=O) groups is 4. The number of hydrogen-bond acceptors (Lipinski definition) is 5. The van der Waals surface area contributed by atoms with Crippen molar-refractivity contribution in [2.24, 2.45) is 5.92 Å². The van der Waals surface area contributed by atoms with Crippen molar-refractivity contribution in [1.82, 2.24) is 4.90 Å². The van der Waals surface area contributed by atoms with Crippen molar-refractivity contribution < 1.29 is 23.9 Å². The van der Waals surface area contributed by atoms with Crippen molar-refractivity contribution in [1.29, 1.82) is 0 Å². The van der Waals surface area contributed by atoms with Gasteiger partial charge in [-0.3, -0.25) is 19.3 Å². The molecule has 34 heavy (non-hydrogen) atoms. The lowest BCUT2D eigenvalue weighted by atomic mass is 10.0. The summed E-state index contributed by atoms with van der Waals surface area (Å²) < 4.78 is 8.35. The summed E-state index contributed by atoms with van der Waals surface area (Å²) >= 11 is 14.3. The molecule has 0 fully saturated rings. The summed E-state index contributed by atoms with van der Waals surface area (Å²) in [4.78, 5) is 53.0. The molecule has 7 nitrogen and oxygen atoms in total. The number of nitrogens with one attached hydrogen (secondary N) is 1. The second kappa shape index (κ2) is 11.4. The van der Waals surface area contributed by atoms with Gasteiger partial charge in [-0.05, 0) is 127 Å². The largest absolute Gasteiger partial charge is 0.454 e. The molecule has 1 aliphatic heterocycles. The van der Waals surface area contributed by atoms with Gasteiger partial charge >= 0.3 is 5.97 Å². The quantitative estimate of drug-likeness (QED) is 0.129. The van der Waals surface area contributed by atoms with Crippen LogP contribution in [0.4, 0.5) is 5.69 Å². The van der Waals surface area contributed by atoms with Crippen molar-refractivity contribution in [2.45, 2.75) is 26.8 Å². The first-order valence-electron chi connectivity index (χ1n) is 9.83. The van der Waals surface area contributed by atoms with Crippen molar-refractivity contribution in [3.05, 3.63) is 54.2 Å². The lowest BCUT2D eigenvalue weighted by molar-refractivity contribution is -0.152. The molecule has 0 radical (unpaired) electrons. The van der Waals surface area contributed by atoms with Crippen LogP contribution >= 0.6 is 102 Å². The number of benzene rings is 2. The Bertz CT molecular complexity index is 1190. The Hall–Kier alpha value is -0.270. The van der Waals surface area contributed by atoms with Crippen molar-refractivity contribution in [2.75, 3.05) is 11.9 Å². The second-order valence-corrected chi connectivity index (χ2v) is 12.5. The molecule has 0 spiro atoms. The third-order valence-electron chi connectivity index (χ3n) is 5.09. The zero-order valence-corrected chi connectivity index (χ0v) is 27.4. The van der Waals surface area contributed by atoms with Gasteiger partial charge in [-0.1, -0.05) is 25.4 Å². The monoisotopic (exact) mass is 932 g/mol. The molecule has 0 aromatic heterocycles. The molecule has 3 rings (SSSR count). The van der Waals surface area contributed by atoms with E-state index in [1.54, 1.807) is 39.0 Å². The third kappa shape index (κ3) is 5.51. The van der Waals surface area contributed by atoms with Crippen LogP contribution in [-0.4, -0.2) is 41.2 Å². The van der Waals surface area contributed by atoms with Gasteiger partial charge in [0.1, 0.15) is 6.04 Å². The number of rotatable bonds is 6. The first-order chi connectivity index (χ1) is 15.9. The number of nitrogens with zero attached hydrogens (tertiary/aromatic N) is 1. The number of aryl methyl sites for hydroxylation is 1. The second-order valence-electron chi connectivity index (χ2n) is 7.79. The van der Waals surface area contributed by atoms with Gasteiger partial charge in [0.25, 0.3) is 17.7 Å². The van der Waals surface area contributed by atoms with E-state index in [2.05, 4.69) is 95.7 Å². The Morgan fingerprint density at radius 1 is 1.00 bits per heavy atom.